The number of aryl methyl sites for hydroxylation is 3. The van der Waals surface area contributed by atoms with Gasteiger partial charge in [0.2, 0.25) is 0 Å². The molecule has 0 bridgehead atoms. The Morgan fingerprint density at radius 2 is 1.38 bits per heavy atom. The highest BCUT2D eigenvalue weighted by molar-refractivity contribution is 5.88. The van der Waals surface area contributed by atoms with E-state index in [1.165, 1.54) is 19.3 Å². The lowest BCUT2D eigenvalue weighted by Gasteiger charge is -2.11. The van der Waals surface area contributed by atoms with Gasteiger partial charge in [-0.15, -0.1) is 0 Å². The van der Waals surface area contributed by atoms with E-state index in [4.69, 9.17) is 0 Å². The maximum atomic E-state index is 15.3. The van der Waals surface area contributed by atoms with Crippen molar-refractivity contribution in [2.24, 2.45) is 0 Å². The van der Waals surface area contributed by atoms with Crippen molar-refractivity contribution in [3.8, 4) is 16.9 Å². The van der Waals surface area contributed by atoms with E-state index in [-0.39, 0.29) is 24.2 Å². The van der Waals surface area contributed by atoms with E-state index in [0.717, 1.165) is 37.0 Å². The summed E-state index contributed by atoms with van der Waals surface area (Å²) in [6, 6.07) is 15.4. The Morgan fingerprint density at radius 1 is 0.667 bits per heavy atom. The van der Waals surface area contributed by atoms with Gasteiger partial charge in [0.1, 0.15) is 11.6 Å². The van der Waals surface area contributed by atoms with Crippen molar-refractivity contribution in [1.82, 2.24) is 0 Å². The number of rotatable bonds is 12. The van der Waals surface area contributed by atoms with Gasteiger partial charge in [-0.3, -0.25) is 0 Å². The highest BCUT2D eigenvalue weighted by atomic mass is 19.3. The molecule has 7 heteroatoms. The monoisotopic (exact) mass is 544 g/mol. The van der Waals surface area contributed by atoms with Crippen LogP contribution in [0.15, 0.2) is 60.7 Å². The molecule has 1 nitrogen and oxygen atoms in total. The van der Waals surface area contributed by atoms with Gasteiger partial charge in [0, 0.05) is 10.9 Å². The summed E-state index contributed by atoms with van der Waals surface area (Å²) in [7, 11) is 0. The van der Waals surface area contributed by atoms with Crippen LogP contribution in [0.2, 0.25) is 0 Å². The van der Waals surface area contributed by atoms with Crippen LogP contribution in [0.5, 0.6) is 5.75 Å². The second-order valence-electron chi connectivity index (χ2n) is 9.72. The Morgan fingerprint density at radius 3 is 2.08 bits per heavy atom. The zero-order valence-electron chi connectivity index (χ0n) is 21.7. The minimum Gasteiger partial charge on any atom is -0.429 e. The largest absolute Gasteiger partial charge is 0.429 e. The Hall–Kier alpha value is -3.48. The summed E-state index contributed by atoms with van der Waals surface area (Å²) in [5.74, 6) is -4.43. The van der Waals surface area contributed by atoms with Crippen LogP contribution in [0.25, 0.3) is 21.9 Å². The lowest BCUT2D eigenvalue weighted by molar-refractivity contribution is -0.0546. The molecule has 0 aromatic heterocycles. The Bertz CT molecular complexity index is 1410. The molecule has 39 heavy (non-hydrogen) atoms. The third kappa shape index (κ3) is 7.14. The predicted molar refractivity (Wildman–Crippen MR) is 142 cm³/mol. The second-order valence-corrected chi connectivity index (χ2v) is 9.72. The van der Waals surface area contributed by atoms with Crippen molar-refractivity contribution < 1.29 is 31.1 Å². The molecule has 0 unspecified atom stereocenters. The first-order chi connectivity index (χ1) is 18.8. The second kappa shape index (κ2) is 13.0. The summed E-state index contributed by atoms with van der Waals surface area (Å²) in [5, 5.41) is 0.942. The van der Waals surface area contributed by atoms with Crippen LogP contribution in [0.3, 0.4) is 0 Å². The van der Waals surface area contributed by atoms with Gasteiger partial charge in [0.05, 0.1) is 0 Å². The van der Waals surface area contributed by atoms with E-state index in [1.807, 2.05) is 6.07 Å². The number of ether oxygens (including phenoxy) is 1. The van der Waals surface area contributed by atoms with Crippen LogP contribution in [-0.2, 0) is 19.3 Å². The molecule has 0 atom stereocenters. The molecule has 4 aromatic carbocycles. The smallest absolute Gasteiger partial charge is 0.387 e. The summed E-state index contributed by atoms with van der Waals surface area (Å²) in [6.45, 7) is -1.19. The van der Waals surface area contributed by atoms with Gasteiger partial charge in [-0.25, -0.2) is 17.6 Å². The van der Waals surface area contributed by atoms with Crippen LogP contribution in [0, 0.1) is 23.3 Å². The van der Waals surface area contributed by atoms with Crippen molar-refractivity contribution >= 4 is 10.8 Å². The van der Waals surface area contributed by atoms with Crippen molar-refractivity contribution in [2.75, 3.05) is 0 Å². The first-order valence-electron chi connectivity index (χ1n) is 13.2. The van der Waals surface area contributed by atoms with Crippen molar-refractivity contribution in [2.45, 2.75) is 64.9 Å². The average molecular weight is 545 g/mol. The number of halogens is 6. The number of unbranched alkanes of at least 4 members (excludes halogenated alkanes) is 4. The lowest BCUT2D eigenvalue weighted by Crippen LogP contribution is -2.06. The van der Waals surface area contributed by atoms with Crippen molar-refractivity contribution in [1.29, 1.82) is 0 Å². The van der Waals surface area contributed by atoms with Gasteiger partial charge in [-0.05, 0) is 77.6 Å². The van der Waals surface area contributed by atoms with Crippen LogP contribution in [0.4, 0.5) is 26.3 Å². The molecule has 0 saturated heterocycles. The van der Waals surface area contributed by atoms with Crippen molar-refractivity contribution in [3.63, 3.8) is 0 Å². The Kier molecular flexibility index (Phi) is 9.54. The highest BCUT2D eigenvalue weighted by Crippen LogP contribution is 2.31. The summed E-state index contributed by atoms with van der Waals surface area (Å²) >= 11 is 0. The molecule has 0 heterocycles. The molecule has 0 aliphatic carbocycles. The first kappa shape index (κ1) is 28.5. The molecule has 0 N–H and O–H groups in total. The average Bonchev–Trinajstić information content (AvgIpc) is 2.90. The van der Waals surface area contributed by atoms with Gasteiger partial charge < -0.3 is 4.74 Å². The third-order valence-electron chi connectivity index (χ3n) is 6.90. The molecule has 4 rings (SSSR count). The molecule has 4 aromatic rings. The molecule has 0 amide bonds. The molecular formula is C32H30F6O. The summed E-state index contributed by atoms with van der Waals surface area (Å²) in [6.07, 6.45) is 6.79. The molecule has 0 saturated carbocycles. The quantitative estimate of drug-likeness (QED) is 0.127. The maximum Gasteiger partial charge on any atom is 0.387 e. The zero-order chi connectivity index (χ0) is 27.9. The number of hydrogen-bond acceptors (Lipinski definition) is 1. The van der Waals surface area contributed by atoms with E-state index in [1.54, 1.807) is 42.5 Å². The van der Waals surface area contributed by atoms with Crippen LogP contribution in [-0.4, -0.2) is 6.61 Å². The van der Waals surface area contributed by atoms with Gasteiger partial charge in [-0.2, -0.15) is 8.78 Å². The Labute approximate surface area is 224 Å². The maximum absolute atomic E-state index is 15.3. The molecule has 0 radical (unpaired) electrons. The molecular weight excluding hydrogens is 514 g/mol. The first-order valence-corrected chi connectivity index (χ1v) is 13.2. The Balaban J connectivity index is 1.47. The van der Waals surface area contributed by atoms with E-state index >= 15 is 4.39 Å². The molecule has 206 valence electrons. The van der Waals surface area contributed by atoms with Crippen LogP contribution < -0.4 is 4.74 Å². The van der Waals surface area contributed by atoms with Crippen LogP contribution in [0.1, 0.15) is 55.7 Å². The normalized spacial score (nSPS) is 11.5. The topological polar surface area (TPSA) is 9.23 Å². The van der Waals surface area contributed by atoms with E-state index in [9.17, 15) is 22.0 Å². The van der Waals surface area contributed by atoms with Gasteiger partial charge in [-0.1, -0.05) is 69.0 Å². The van der Waals surface area contributed by atoms with Gasteiger partial charge in [0.15, 0.2) is 17.4 Å². The number of hydrogen-bond donors (Lipinski definition) is 0. The minimum atomic E-state index is -3.35. The fourth-order valence-electron chi connectivity index (χ4n) is 4.82. The molecule has 0 aliphatic rings. The zero-order valence-corrected chi connectivity index (χ0v) is 21.7. The van der Waals surface area contributed by atoms with Gasteiger partial charge in [0.25, 0.3) is 0 Å². The summed E-state index contributed by atoms with van der Waals surface area (Å²) in [5.41, 5.74) is 2.55. The number of alkyl halides is 2. The van der Waals surface area contributed by atoms with Crippen molar-refractivity contribution in [3.05, 3.63) is 101 Å². The molecule has 0 aliphatic heterocycles. The minimum absolute atomic E-state index is 0.0828. The standard InChI is InChI=1S/C32H30F6O/c1-2-3-4-5-6-7-20-9-14-25(27(33)16-20)23-13-15-26-24(19-23)12-11-22(30(26)36)10-8-21-17-28(34)31(29(35)18-21)39-32(37)38/h9,11-19,32H,2-8,10H2,1H3. The summed E-state index contributed by atoms with van der Waals surface area (Å²) in [4.78, 5) is 0. The predicted octanol–water partition coefficient (Wildman–Crippen LogP) is 9.96. The van der Waals surface area contributed by atoms with E-state index < -0.39 is 29.8 Å². The SMILES string of the molecule is CCCCCCCc1ccc(-c2ccc3c(F)c(CCc4cc(F)c(OC(F)F)c(F)c4)ccc3c2)c(F)c1. The highest BCUT2D eigenvalue weighted by Gasteiger charge is 2.17. The van der Waals surface area contributed by atoms with Gasteiger partial charge >= 0.3 is 6.61 Å². The van der Waals surface area contributed by atoms with E-state index in [2.05, 4.69) is 11.7 Å². The molecule has 0 fully saturated rings. The third-order valence-corrected chi connectivity index (χ3v) is 6.90. The number of benzene rings is 4. The van der Waals surface area contributed by atoms with Crippen LogP contribution >= 0.6 is 0 Å². The molecule has 0 spiro atoms. The number of fused-ring (bicyclic) bond motifs is 1. The van der Waals surface area contributed by atoms with E-state index in [0.29, 0.717) is 27.5 Å². The fraction of sp³-hybridized carbons (Fsp3) is 0.312. The summed E-state index contributed by atoms with van der Waals surface area (Å²) < 4.78 is 86.8. The lowest BCUT2D eigenvalue weighted by atomic mass is 9.96. The fourth-order valence-corrected chi connectivity index (χ4v) is 4.82.